The Morgan fingerprint density at radius 2 is 1.89 bits per heavy atom. The van der Waals surface area contributed by atoms with E-state index in [2.05, 4.69) is 25.3 Å². The van der Waals surface area contributed by atoms with Gasteiger partial charge in [0.25, 0.3) is 0 Å². The first-order chi connectivity index (χ1) is 16.6. The van der Waals surface area contributed by atoms with Crippen LogP contribution >= 0.6 is 0 Å². The van der Waals surface area contributed by atoms with Crippen LogP contribution in [0.2, 0.25) is 0 Å². The monoisotopic (exact) mass is 495 g/mol. The zero-order valence-electron chi connectivity index (χ0n) is 19.6. The summed E-state index contributed by atoms with van der Waals surface area (Å²) in [6.07, 6.45) is -1.55. The van der Waals surface area contributed by atoms with E-state index in [1.807, 2.05) is 4.90 Å². The van der Waals surface area contributed by atoms with E-state index >= 15 is 0 Å². The molecule has 0 saturated carbocycles. The summed E-state index contributed by atoms with van der Waals surface area (Å²) in [5.41, 5.74) is -0.134. The molecule has 13 heteroatoms. The number of fused-ring (bicyclic) bond motifs is 1. The highest BCUT2D eigenvalue weighted by Crippen LogP contribution is 2.36. The van der Waals surface area contributed by atoms with Crippen molar-refractivity contribution in [2.24, 2.45) is 0 Å². The van der Waals surface area contributed by atoms with Gasteiger partial charge in [0.2, 0.25) is 5.95 Å². The van der Waals surface area contributed by atoms with Crippen LogP contribution in [-0.4, -0.2) is 73.3 Å². The lowest BCUT2D eigenvalue weighted by atomic mass is 9.92. The second-order valence-corrected chi connectivity index (χ2v) is 8.69. The van der Waals surface area contributed by atoms with Crippen molar-refractivity contribution >= 4 is 28.6 Å². The Kier molecular flexibility index (Phi) is 6.84. The van der Waals surface area contributed by atoms with Gasteiger partial charge in [0.15, 0.2) is 0 Å². The minimum atomic E-state index is -4.53. The lowest BCUT2D eigenvalue weighted by molar-refractivity contribution is -0.163. The summed E-state index contributed by atoms with van der Waals surface area (Å²) in [7, 11) is 1.59. The smallest absolute Gasteiger partial charge is 0.393 e. The van der Waals surface area contributed by atoms with Gasteiger partial charge in [0, 0.05) is 32.5 Å². The number of alkyl halides is 3. The van der Waals surface area contributed by atoms with Crippen LogP contribution in [0.4, 0.5) is 30.8 Å². The lowest BCUT2D eigenvalue weighted by Gasteiger charge is -2.39. The maximum Gasteiger partial charge on any atom is 0.408 e. The number of piperidine rings is 1. The largest absolute Gasteiger partial charge is 0.408 e. The molecule has 0 aliphatic carbocycles. The molecule has 1 fully saturated rings. The number of methoxy groups -OCH3 is 1. The first-order valence-electron chi connectivity index (χ1n) is 11.2. The summed E-state index contributed by atoms with van der Waals surface area (Å²) in [6.45, 7) is 3.52. The molecule has 3 aromatic rings. The average Bonchev–Trinajstić information content (AvgIpc) is 3.22. The van der Waals surface area contributed by atoms with E-state index in [4.69, 9.17) is 4.74 Å². The molecule has 190 valence electrons. The molecule has 1 aliphatic heterocycles. The van der Waals surface area contributed by atoms with Crippen molar-refractivity contribution in [1.82, 2.24) is 24.5 Å². The SMILES string of the molecule is COC1(CO)CCN(c2nccc(Nc3cc4c(cn3)nc([C@@H](C)O)n4[C@@H](C)C(F)(F)F)n2)CC1. The van der Waals surface area contributed by atoms with Gasteiger partial charge in [-0.1, -0.05) is 0 Å². The Morgan fingerprint density at radius 1 is 1.17 bits per heavy atom. The molecule has 35 heavy (non-hydrogen) atoms. The van der Waals surface area contributed by atoms with Crippen molar-refractivity contribution < 1.29 is 28.1 Å². The summed E-state index contributed by atoms with van der Waals surface area (Å²) in [4.78, 5) is 19.2. The van der Waals surface area contributed by atoms with E-state index in [0.29, 0.717) is 37.7 Å². The van der Waals surface area contributed by atoms with Crippen LogP contribution in [0.3, 0.4) is 0 Å². The van der Waals surface area contributed by atoms with Crippen molar-refractivity contribution in [1.29, 1.82) is 0 Å². The van der Waals surface area contributed by atoms with Gasteiger partial charge < -0.3 is 29.7 Å². The number of rotatable bonds is 7. The fourth-order valence-electron chi connectivity index (χ4n) is 4.18. The molecule has 2 atom stereocenters. The van der Waals surface area contributed by atoms with E-state index in [1.165, 1.54) is 19.2 Å². The maximum atomic E-state index is 13.5. The number of halogens is 3. The Morgan fingerprint density at radius 3 is 2.49 bits per heavy atom. The molecule has 0 bridgehead atoms. The average molecular weight is 496 g/mol. The number of ether oxygens (including phenoxy) is 1. The predicted molar refractivity (Wildman–Crippen MR) is 123 cm³/mol. The lowest BCUT2D eigenvalue weighted by Crippen LogP contribution is -2.48. The summed E-state index contributed by atoms with van der Waals surface area (Å²) >= 11 is 0. The van der Waals surface area contributed by atoms with Gasteiger partial charge >= 0.3 is 6.18 Å². The number of aliphatic hydroxyl groups is 2. The molecule has 0 spiro atoms. The molecule has 4 heterocycles. The van der Waals surface area contributed by atoms with E-state index in [1.54, 1.807) is 19.4 Å². The zero-order chi connectivity index (χ0) is 25.4. The highest BCUT2D eigenvalue weighted by molar-refractivity contribution is 5.79. The number of aliphatic hydroxyl groups excluding tert-OH is 2. The molecule has 1 aliphatic rings. The van der Waals surface area contributed by atoms with Crippen molar-refractivity contribution in [3.8, 4) is 0 Å². The molecule has 4 rings (SSSR count). The fraction of sp³-hybridized carbons (Fsp3) is 0.545. The Hall–Kier alpha value is -3.03. The number of nitrogens with zero attached hydrogens (tertiary/aromatic N) is 6. The first-order valence-corrected chi connectivity index (χ1v) is 11.2. The van der Waals surface area contributed by atoms with Gasteiger partial charge in [-0.2, -0.15) is 18.2 Å². The van der Waals surface area contributed by atoms with Crippen LogP contribution in [0, 0.1) is 0 Å². The normalized spacial score (nSPS) is 18.0. The minimum absolute atomic E-state index is 0.0613. The highest BCUT2D eigenvalue weighted by Gasteiger charge is 2.40. The highest BCUT2D eigenvalue weighted by atomic mass is 19.4. The Labute approximate surface area is 199 Å². The number of nitrogens with one attached hydrogen (secondary N) is 1. The Balaban J connectivity index is 1.60. The van der Waals surface area contributed by atoms with Gasteiger partial charge in [-0.15, -0.1) is 0 Å². The first kappa shape index (κ1) is 25.1. The van der Waals surface area contributed by atoms with Crippen LogP contribution in [-0.2, 0) is 4.74 Å². The second-order valence-electron chi connectivity index (χ2n) is 8.69. The van der Waals surface area contributed by atoms with Crippen LogP contribution in [0.25, 0.3) is 11.0 Å². The van der Waals surface area contributed by atoms with E-state index < -0.39 is 23.9 Å². The van der Waals surface area contributed by atoms with Gasteiger partial charge in [-0.25, -0.2) is 15.0 Å². The minimum Gasteiger partial charge on any atom is -0.393 e. The number of aromatic nitrogens is 5. The topological polar surface area (TPSA) is 121 Å². The van der Waals surface area contributed by atoms with Crippen molar-refractivity contribution in [2.75, 3.05) is 37.0 Å². The van der Waals surface area contributed by atoms with E-state index in [9.17, 15) is 23.4 Å². The number of imidazole rings is 1. The molecule has 1 saturated heterocycles. The molecular formula is C22H28F3N7O3. The number of hydrogen-bond acceptors (Lipinski definition) is 9. The summed E-state index contributed by atoms with van der Waals surface area (Å²) in [6, 6.07) is 1.19. The molecule has 3 N–H and O–H groups in total. The van der Waals surface area contributed by atoms with Crippen molar-refractivity contribution in [2.45, 2.75) is 50.6 Å². The molecule has 0 radical (unpaired) electrons. The molecule has 0 unspecified atom stereocenters. The van der Waals surface area contributed by atoms with Crippen LogP contribution in [0.1, 0.15) is 44.7 Å². The van der Waals surface area contributed by atoms with Crippen LogP contribution in [0.15, 0.2) is 24.5 Å². The Bertz CT molecular complexity index is 1170. The predicted octanol–water partition coefficient (Wildman–Crippen LogP) is 3.12. The quantitative estimate of drug-likeness (QED) is 0.454. The van der Waals surface area contributed by atoms with E-state index in [0.717, 1.165) is 11.5 Å². The molecule has 0 aromatic carbocycles. The maximum absolute atomic E-state index is 13.5. The van der Waals surface area contributed by atoms with Crippen LogP contribution < -0.4 is 10.2 Å². The van der Waals surface area contributed by atoms with Gasteiger partial charge in [-0.3, -0.25) is 0 Å². The summed E-state index contributed by atoms with van der Waals surface area (Å²) < 4.78 is 47.1. The number of anilines is 3. The fourth-order valence-corrected chi connectivity index (χ4v) is 4.18. The number of hydrogen-bond donors (Lipinski definition) is 3. The van der Waals surface area contributed by atoms with Gasteiger partial charge in [0.05, 0.1) is 23.9 Å². The standard InChI is InChI=1S/C22H28F3N7O3/c1-13(34)19-28-15-11-27-18(10-16(15)32(19)14(2)22(23,24)25)29-17-4-7-26-20(30-17)31-8-5-21(12-33,35-3)6-9-31/h4,7,10-11,13-14,33-34H,5-6,8-9,12H2,1-3H3,(H,26,27,29,30)/t13-,14+/m1/s1. The molecule has 3 aromatic heterocycles. The van der Waals surface area contributed by atoms with Crippen molar-refractivity contribution in [3.63, 3.8) is 0 Å². The third-order valence-corrected chi connectivity index (χ3v) is 6.42. The molecule has 10 nitrogen and oxygen atoms in total. The molecule has 0 amide bonds. The van der Waals surface area contributed by atoms with Crippen molar-refractivity contribution in [3.05, 3.63) is 30.4 Å². The second kappa shape index (κ2) is 9.55. The summed E-state index contributed by atoms with van der Waals surface area (Å²) in [5, 5.41) is 22.7. The third-order valence-electron chi connectivity index (χ3n) is 6.42. The molecular weight excluding hydrogens is 467 g/mol. The van der Waals surface area contributed by atoms with Gasteiger partial charge in [-0.05, 0) is 32.8 Å². The zero-order valence-corrected chi connectivity index (χ0v) is 19.6. The number of pyridine rings is 1. The summed E-state index contributed by atoms with van der Waals surface area (Å²) in [5.74, 6) is 1.07. The van der Waals surface area contributed by atoms with E-state index in [-0.39, 0.29) is 29.3 Å². The third kappa shape index (κ3) is 5.02. The van der Waals surface area contributed by atoms with Gasteiger partial charge in [0.1, 0.15) is 35.1 Å². The van der Waals surface area contributed by atoms with Crippen LogP contribution in [0.5, 0.6) is 0 Å².